The van der Waals surface area contributed by atoms with Crippen molar-refractivity contribution in [2.45, 2.75) is 11.5 Å². The molecule has 0 bridgehead atoms. The number of pyridine rings is 1. The number of methoxy groups -OCH3 is 1. The zero-order chi connectivity index (χ0) is 18.9. The monoisotopic (exact) mass is 403 g/mol. The van der Waals surface area contributed by atoms with Crippen molar-refractivity contribution in [2.24, 2.45) is 0 Å². The number of hydrogen-bond donors (Lipinski definition) is 2. The summed E-state index contributed by atoms with van der Waals surface area (Å²) in [5, 5.41) is 0.892. The van der Waals surface area contributed by atoms with Gasteiger partial charge >= 0.3 is 6.61 Å². The van der Waals surface area contributed by atoms with E-state index in [4.69, 9.17) is 16.3 Å². The van der Waals surface area contributed by atoms with Crippen molar-refractivity contribution in [2.75, 3.05) is 11.8 Å². The molecule has 2 N–H and O–H groups in total. The van der Waals surface area contributed by atoms with Crippen LogP contribution < -0.4 is 14.2 Å². The lowest BCUT2D eigenvalue weighted by atomic mass is 10.2. The molecule has 0 unspecified atom stereocenters. The number of halogens is 3. The Balaban J connectivity index is 1.96. The van der Waals surface area contributed by atoms with Gasteiger partial charge in [0.15, 0.2) is 0 Å². The number of rotatable bonds is 6. The minimum Gasteiger partial charge on any atom is -0.494 e. The van der Waals surface area contributed by atoms with Gasteiger partial charge in [-0.2, -0.15) is 8.78 Å². The van der Waals surface area contributed by atoms with E-state index in [1.807, 2.05) is 0 Å². The highest BCUT2D eigenvalue weighted by Crippen LogP contribution is 2.32. The quantitative estimate of drug-likeness (QED) is 0.655. The van der Waals surface area contributed by atoms with Gasteiger partial charge in [0, 0.05) is 28.2 Å². The van der Waals surface area contributed by atoms with E-state index in [0.717, 1.165) is 12.3 Å². The Labute approximate surface area is 152 Å². The van der Waals surface area contributed by atoms with Crippen LogP contribution in [0.2, 0.25) is 5.02 Å². The number of hydrogen-bond acceptors (Lipinski definition) is 5. The summed E-state index contributed by atoms with van der Waals surface area (Å²) in [7, 11) is -2.75. The van der Waals surface area contributed by atoms with Crippen LogP contribution >= 0.6 is 11.6 Å². The fourth-order valence-corrected chi connectivity index (χ4v) is 3.72. The summed E-state index contributed by atoms with van der Waals surface area (Å²) in [6, 6.07) is 5.78. The Morgan fingerprint density at radius 1 is 1.31 bits per heavy atom. The van der Waals surface area contributed by atoms with Gasteiger partial charge in [0.05, 0.1) is 13.3 Å². The number of aromatic amines is 1. The Kier molecular flexibility index (Phi) is 4.88. The molecule has 26 heavy (non-hydrogen) atoms. The van der Waals surface area contributed by atoms with Crippen LogP contribution in [0.4, 0.5) is 14.5 Å². The summed E-state index contributed by atoms with van der Waals surface area (Å²) >= 11 is 5.89. The van der Waals surface area contributed by atoms with Crippen molar-refractivity contribution in [1.29, 1.82) is 0 Å². The van der Waals surface area contributed by atoms with E-state index >= 15 is 0 Å². The van der Waals surface area contributed by atoms with Gasteiger partial charge in [0.25, 0.3) is 10.0 Å². The highest BCUT2D eigenvalue weighted by molar-refractivity contribution is 7.93. The number of sulfonamides is 1. The molecule has 0 aliphatic heterocycles. The van der Waals surface area contributed by atoms with Crippen molar-refractivity contribution in [1.82, 2.24) is 9.97 Å². The van der Waals surface area contributed by atoms with Gasteiger partial charge in [-0.15, -0.1) is 0 Å². The summed E-state index contributed by atoms with van der Waals surface area (Å²) in [6.07, 6.45) is 2.34. The van der Waals surface area contributed by atoms with Gasteiger partial charge in [0.1, 0.15) is 16.3 Å². The highest BCUT2D eigenvalue weighted by Gasteiger charge is 2.22. The van der Waals surface area contributed by atoms with Crippen LogP contribution in [0.25, 0.3) is 10.9 Å². The number of ether oxygens (including phenoxy) is 2. The second-order valence-electron chi connectivity index (χ2n) is 5.05. The molecule has 0 saturated carbocycles. The number of anilines is 1. The number of nitrogens with one attached hydrogen (secondary N) is 2. The molecule has 0 amide bonds. The number of fused-ring (bicyclic) bond motifs is 1. The molecule has 2 aromatic heterocycles. The van der Waals surface area contributed by atoms with Gasteiger partial charge in [-0.05, 0) is 18.2 Å². The molecule has 11 heteroatoms. The largest absolute Gasteiger partial charge is 0.494 e. The topological polar surface area (TPSA) is 93.3 Å². The zero-order valence-electron chi connectivity index (χ0n) is 13.2. The molecule has 0 aliphatic rings. The summed E-state index contributed by atoms with van der Waals surface area (Å²) in [5.41, 5.74) is 0.515. The Morgan fingerprint density at radius 3 is 2.77 bits per heavy atom. The van der Waals surface area contributed by atoms with Gasteiger partial charge in [-0.3, -0.25) is 4.72 Å². The molecule has 7 nitrogen and oxygen atoms in total. The third-order valence-corrected chi connectivity index (χ3v) is 5.05. The second kappa shape index (κ2) is 6.96. The van der Waals surface area contributed by atoms with E-state index in [1.54, 1.807) is 18.2 Å². The van der Waals surface area contributed by atoms with Gasteiger partial charge in [0.2, 0.25) is 5.88 Å². The van der Waals surface area contributed by atoms with Crippen molar-refractivity contribution in [3.63, 3.8) is 0 Å². The summed E-state index contributed by atoms with van der Waals surface area (Å²) in [4.78, 5) is 6.44. The number of nitrogens with zero attached hydrogens (tertiary/aromatic N) is 1. The van der Waals surface area contributed by atoms with E-state index in [0.29, 0.717) is 15.9 Å². The maximum atomic E-state index is 12.7. The summed E-state index contributed by atoms with van der Waals surface area (Å²) < 4.78 is 61.4. The van der Waals surface area contributed by atoms with Crippen molar-refractivity contribution in [3.05, 3.63) is 41.7 Å². The molecule has 0 fully saturated rings. The molecular formula is C15H12ClF2N3O4S. The fraction of sp³-hybridized carbons (Fsp3) is 0.133. The first kappa shape index (κ1) is 18.2. The molecule has 3 rings (SSSR count). The fourth-order valence-electron chi connectivity index (χ4n) is 2.31. The highest BCUT2D eigenvalue weighted by atomic mass is 35.5. The van der Waals surface area contributed by atoms with Gasteiger partial charge < -0.3 is 14.5 Å². The number of benzene rings is 1. The Hall–Kier alpha value is -2.59. The molecular weight excluding hydrogens is 392 g/mol. The molecule has 0 aliphatic carbocycles. The third-order valence-electron chi connectivity index (χ3n) is 3.41. The summed E-state index contributed by atoms with van der Waals surface area (Å²) in [5.74, 6) is -0.427. The maximum Gasteiger partial charge on any atom is 0.388 e. The van der Waals surface area contributed by atoms with Crippen molar-refractivity contribution >= 4 is 38.2 Å². The van der Waals surface area contributed by atoms with Crippen LogP contribution in [0, 0.1) is 0 Å². The lowest BCUT2D eigenvalue weighted by Crippen LogP contribution is -2.14. The molecule has 3 aromatic rings. The normalized spacial score (nSPS) is 11.7. The third kappa shape index (κ3) is 3.65. The lowest BCUT2D eigenvalue weighted by molar-refractivity contribution is -0.0529. The number of alkyl halides is 2. The van der Waals surface area contributed by atoms with E-state index < -0.39 is 22.5 Å². The molecule has 0 atom stereocenters. The van der Waals surface area contributed by atoms with Gasteiger partial charge in [-0.1, -0.05) is 11.6 Å². The lowest BCUT2D eigenvalue weighted by Gasteiger charge is -2.12. The van der Waals surface area contributed by atoms with Crippen LogP contribution in [-0.4, -0.2) is 32.1 Å². The van der Waals surface area contributed by atoms with Crippen LogP contribution in [-0.2, 0) is 10.0 Å². The molecule has 0 saturated heterocycles. The Bertz CT molecular complexity index is 1060. The molecule has 0 spiro atoms. The smallest absolute Gasteiger partial charge is 0.388 e. The van der Waals surface area contributed by atoms with Crippen LogP contribution in [0.5, 0.6) is 11.6 Å². The average molecular weight is 404 g/mol. The van der Waals surface area contributed by atoms with E-state index in [2.05, 4.69) is 19.4 Å². The van der Waals surface area contributed by atoms with E-state index in [-0.39, 0.29) is 16.3 Å². The minimum atomic E-state index is -4.01. The predicted octanol–water partition coefficient (Wildman–Crippen LogP) is 3.63. The molecule has 2 heterocycles. The van der Waals surface area contributed by atoms with Gasteiger partial charge in [-0.25, -0.2) is 13.4 Å². The van der Waals surface area contributed by atoms with Crippen LogP contribution in [0.1, 0.15) is 0 Å². The van der Waals surface area contributed by atoms with Crippen molar-refractivity contribution in [3.8, 4) is 11.6 Å². The molecule has 138 valence electrons. The van der Waals surface area contributed by atoms with Crippen molar-refractivity contribution < 1.29 is 26.7 Å². The second-order valence-corrected chi connectivity index (χ2v) is 7.14. The number of aromatic nitrogens is 2. The van der Waals surface area contributed by atoms with Crippen LogP contribution in [0.15, 0.2) is 41.6 Å². The molecule has 1 aromatic carbocycles. The number of H-pyrrole nitrogens is 1. The zero-order valence-corrected chi connectivity index (χ0v) is 14.7. The SMILES string of the molecule is COc1cc(OC(F)F)ncc1NS(=O)(=O)c1c[nH]c2cc(Cl)ccc12. The van der Waals surface area contributed by atoms with E-state index in [1.165, 1.54) is 13.3 Å². The minimum absolute atomic E-state index is 0.0147. The van der Waals surface area contributed by atoms with Crippen LogP contribution in [0.3, 0.4) is 0 Å². The average Bonchev–Trinajstić information content (AvgIpc) is 2.99. The Morgan fingerprint density at radius 2 is 2.08 bits per heavy atom. The first-order valence-corrected chi connectivity index (χ1v) is 8.94. The maximum absolute atomic E-state index is 12.7. The first-order valence-electron chi connectivity index (χ1n) is 7.08. The van der Waals surface area contributed by atoms with E-state index in [9.17, 15) is 17.2 Å². The predicted molar refractivity (Wildman–Crippen MR) is 91.5 cm³/mol. The molecule has 0 radical (unpaired) electrons. The first-order chi connectivity index (χ1) is 12.3. The summed E-state index contributed by atoms with van der Waals surface area (Å²) in [6.45, 7) is -3.06. The standard InChI is InChI=1S/C15H12ClF2N3O4S/c1-24-12-5-14(25-15(17)18)20-6-11(12)21-26(22,23)13-7-19-10-4-8(16)2-3-9(10)13/h2-7,15,19,21H,1H3.